The van der Waals surface area contributed by atoms with Crippen molar-refractivity contribution in [3.8, 4) is 11.5 Å². The van der Waals surface area contributed by atoms with Crippen LogP contribution >= 0.6 is 11.8 Å². The van der Waals surface area contributed by atoms with Gasteiger partial charge in [-0.2, -0.15) is 0 Å². The Kier molecular flexibility index (Phi) is 4.96. The van der Waals surface area contributed by atoms with Crippen LogP contribution in [0.4, 0.5) is 0 Å². The maximum absolute atomic E-state index is 6.09. The number of hydrogen-bond acceptors (Lipinski definition) is 4. The van der Waals surface area contributed by atoms with Crippen LogP contribution in [0.2, 0.25) is 0 Å². The molecule has 2 N–H and O–H groups in total. The summed E-state index contributed by atoms with van der Waals surface area (Å²) >= 11 is 1.94. The highest BCUT2D eigenvalue weighted by Gasteiger charge is 2.28. The highest BCUT2D eigenvalue weighted by atomic mass is 32.2. The van der Waals surface area contributed by atoms with Crippen molar-refractivity contribution in [3.63, 3.8) is 0 Å². The van der Waals surface area contributed by atoms with Gasteiger partial charge in [-0.1, -0.05) is 6.92 Å². The molecule has 0 fully saturated rings. The largest absolute Gasteiger partial charge is 0.493 e. The van der Waals surface area contributed by atoms with Crippen molar-refractivity contribution in [2.45, 2.75) is 50.3 Å². The molecule has 21 heavy (non-hydrogen) atoms. The minimum atomic E-state index is 0.670. The lowest BCUT2D eigenvalue weighted by molar-refractivity contribution is 0.261. The second kappa shape index (κ2) is 6.93. The lowest BCUT2D eigenvalue weighted by Gasteiger charge is -2.30. The standard InChI is InChI=1S/C17H25NO2S/c1-2-11-21-17-14-6-4-9-19-15(14)13(7-8-18)12-5-3-10-20-16(12)17/h2-11,18H2,1H3. The van der Waals surface area contributed by atoms with Crippen molar-refractivity contribution in [2.24, 2.45) is 5.73 Å². The van der Waals surface area contributed by atoms with Crippen molar-refractivity contribution < 1.29 is 9.47 Å². The fraction of sp³-hybridized carbons (Fsp3) is 0.647. The average Bonchev–Trinajstić information content (AvgIpc) is 2.54. The van der Waals surface area contributed by atoms with Gasteiger partial charge >= 0.3 is 0 Å². The summed E-state index contributed by atoms with van der Waals surface area (Å²) < 4.78 is 12.2. The van der Waals surface area contributed by atoms with Gasteiger partial charge in [0.1, 0.15) is 11.5 Å². The Labute approximate surface area is 131 Å². The highest BCUT2D eigenvalue weighted by molar-refractivity contribution is 7.99. The summed E-state index contributed by atoms with van der Waals surface area (Å²) in [5.74, 6) is 3.42. The summed E-state index contributed by atoms with van der Waals surface area (Å²) in [5, 5.41) is 0. The summed E-state index contributed by atoms with van der Waals surface area (Å²) in [7, 11) is 0. The van der Waals surface area contributed by atoms with Crippen LogP contribution in [0.15, 0.2) is 4.90 Å². The van der Waals surface area contributed by atoms with Crippen LogP contribution in [0.3, 0.4) is 0 Å². The molecule has 0 spiro atoms. The van der Waals surface area contributed by atoms with E-state index in [1.165, 1.54) is 28.0 Å². The first kappa shape index (κ1) is 15.0. The second-order valence-corrected chi connectivity index (χ2v) is 6.82. The number of ether oxygens (including phenoxy) is 2. The Morgan fingerprint density at radius 3 is 2.48 bits per heavy atom. The van der Waals surface area contributed by atoms with Gasteiger partial charge in [0, 0.05) is 16.7 Å². The lowest BCUT2D eigenvalue weighted by Crippen LogP contribution is -2.20. The van der Waals surface area contributed by atoms with Crippen LogP contribution in [-0.4, -0.2) is 25.5 Å². The average molecular weight is 307 g/mol. The summed E-state index contributed by atoms with van der Waals surface area (Å²) in [6, 6.07) is 0. The molecule has 0 bridgehead atoms. The van der Waals surface area contributed by atoms with Crippen molar-refractivity contribution in [2.75, 3.05) is 25.5 Å². The predicted molar refractivity (Wildman–Crippen MR) is 87.8 cm³/mol. The van der Waals surface area contributed by atoms with Crippen molar-refractivity contribution >= 4 is 11.8 Å². The van der Waals surface area contributed by atoms with E-state index in [9.17, 15) is 0 Å². The summed E-state index contributed by atoms with van der Waals surface area (Å²) in [4.78, 5) is 1.35. The summed E-state index contributed by atoms with van der Waals surface area (Å²) in [6.07, 6.45) is 6.48. The number of nitrogens with two attached hydrogens (primary N) is 1. The molecule has 0 aromatic heterocycles. The van der Waals surface area contributed by atoms with Crippen molar-refractivity contribution in [3.05, 3.63) is 16.7 Å². The summed E-state index contributed by atoms with van der Waals surface area (Å²) in [6.45, 7) is 4.58. The van der Waals surface area contributed by atoms with E-state index in [0.29, 0.717) is 6.54 Å². The van der Waals surface area contributed by atoms with Crippen LogP contribution in [-0.2, 0) is 19.3 Å². The van der Waals surface area contributed by atoms with Crippen LogP contribution in [0.1, 0.15) is 42.9 Å². The molecule has 3 rings (SSSR count). The first-order valence-electron chi connectivity index (χ1n) is 8.15. The third kappa shape index (κ3) is 2.88. The molecule has 4 heteroatoms. The van der Waals surface area contributed by atoms with Gasteiger partial charge < -0.3 is 15.2 Å². The van der Waals surface area contributed by atoms with Crippen LogP contribution in [0.25, 0.3) is 0 Å². The van der Waals surface area contributed by atoms with E-state index < -0.39 is 0 Å². The Morgan fingerprint density at radius 1 is 1.05 bits per heavy atom. The van der Waals surface area contributed by atoms with E-state index in [-0.39, 0.29) is 0 Å². The van der Waals surface area contributed by atoms with E-state index in [4.69, 9.17) is 15.2 Å². The van der Waals surface area contributed by atoms with E-state index in [1.807, 2.05) is 11.8 Å². The molecule has 3 nitrogen and oxygen atoms in total. The minimum Gasteiger partial charge on any atom is -0.493 e. The molecule has 0 atom stereocenters. The highest BCUT2D eigenvalue weighted by Crippen LogP contribution is 2.48. The van der Waals surface area contributed by atoms with Crippen molar-refractivity contribution in [1.29, 1.82) is 0 Å². The summed E-state index contributed by atoms with van der Waals surface area (Å²) in [5.41, 5.74) is 9.91. The molecular formula is C17H25NO2S. The molecule has 2 aliphatic heterocycles. The Bertz CT molecular complexity index is 479. The molecule has 0 amide bonds. The molecule has 1 aromatic carbocycles. The van der Waals surface area contributed by atoms with Gasteiger partial charge in [-0.05, 0) is 50.8 Å². The monoisotopic (exact) mass is 307 g/mol. The fourth-order valence-corrected chi connectivity index (χ4v) is 4.35. The topological polar surface area (TPSA) is 44.5 Å². The van der Waals surface area contributed by atoms with E-state index >= 15 is 0 Å². The Hall–Kier alpha value is -0.870. The van der Waals surface area contributed by atoms with E-state index in [2.05, 4.69) is 6.92 Å². The molecule has 0 aliphatic carbocycles. The number of thioether (sulfide) groups is 1. The number of rotatable bonds is 5. The maximum Gasteiger partial charge on any atom is 0.136 e. The second-order valence-electron chi connectivity index (χ2n) is 5.71. The van der Waals surface area contributed by atoms with E-state index in [0.717, 1.165) is 62.6 Å². The van der Waals surface area contributed by atoms with Gasteiger partial charge in [-0.3, -0.25) is 0 Å². The van der Waals surface area contributed by atoms with Gasteiger partial charge in [-0.15, -0.1) is 11.8 Å². The molecular weight excluding hydrogens is 282 g/mol. The lowest BCUT2D eigenvalue weighted by atomic mass is 9.91. The fourth-order valence-electron chi connectivity index (χ4n) is 3.26. The number of benzene rings is 1. The molecule has 2 heterocycles. The van der Waals surface area contributed by atoms with Gasteiger partial charge in [0.15, 0.2) is 0 Å². The third-order valence-corrected chi connectivity index (χ3v) is 5.48. The molecule has 1 aromatic rings. The SMILES string of the molecule is CCCSc1c2c(c(CCN)c3c1OCCC3)OCCC2. The maximum atomic E-state index is 6.09. The zero-order valence-electron chi connectivity index (χ0n) is 12.9. The van der Waals surface area contributed by atoms with Gasteiger partial charge in [0.25, 0.3) is 0 Å². The number of fused-ring (bicyclic) bond motifs is 2. The molecule has 0 unspecified atom stereocenters. The van der Waals surface area contributed by atoms with Crippen molar-refractivity contribution in [1.82, 2.24) is 0 Å². The van der Waals surface area contributed by atoms with E-state index in [1.54, 1.807) is 0 Å². The van der Waals surface area contributed by atoms with Crippen LogP contribution in [0.5, 0.6) is 11.5 Å². The smallest absolute Gasteiger partial charge is 0.136 e. The van der Waals surface area contributed by atoms with Gasteiger partial charge in [-0.25, -0.2) is 0 Å². The molecule has 0 saturated heterocycles. The Balaban J connectivity index is 2.14. The predicted octanol–water partition coefficient (Wildman–Crippen LogP) is 3.34. The molecule has 0 saturated carbocycles. The molecule has 2 aliphatic rings. The minimum absolute atomic E-state index is 0.670. The zero-order chi connectivity index (χ0) is 14.7. The molecule has 0 radical (unpaired) electrons. The third-order valence-electron chi connectivity index (χ3n) is 4.15. The number of hydrogen-bond donors (Lipinski definition) is 1. The zero-order valence-corrected chi connectivity index (χ0v) is 13.7. The molecule has 116 valence electrons. The normalized spacial score (nSPS) is 16.7. The first-order chi connectivity index (χ1) is 10.4. The van der Waals surface area contributed by atoms with Gasteiger partial charge in [0.2, 0.25) is 0 Å². The Morgan fingerprint density at radius 2 is 1.76 bits per heavy atom. The van der Waals surface area contributed by atoms with Gasteiger partial charge in [0.05, 0.1) is 18.1 Å². The first-order valence-corrected chi connectivity index (χ1v) is 9.14. The van der Waals surface area contributed by atoms with Crippen LogP contribution in [0, 0.1) is 0 Å². The quantitative estimate of drug-likeness (QED) is 0.847. The van der Waals surface area contributed by atoms with Crippen LogP contribution < -0.4 is 15.2 Å².